The van der Waals surface area contributed by atoms with Crippen LogP contribution in [0.5, 0.6) is 0 Å². The summed E-state index contributed by atoms with van der Waals surface area (Å²) in [7, 11) is -3.73. The molecule has 1 unspecified atom stereocenters. The summed E-state index contributed by atoms with van der Waals surface area (Å²) in [6.45, 7) is 4.98. The largest absolute Gasteiger partial charge is 0.377 e. The van der Waals surface area contributed by atoms with Crippen molar-refractivity contribution >= 4 is 43.7 Å². The Morgan fingerprint density at radius 1 is 1.29 bits per heavy atom. The maximum Gasteiger partial charge on any atom is 0.257 e. The Bertz CT molecular complexity index is 1190. The number of hydrogen-bond donors (Lipinski definition) is 2. The number of thiophene rings is 1. The fourth-order valence-electron chi connectivity index (χ4n) is 3.41. The smallest absolute Gasteiger partial charge is 0.257 e. The van der Waals surface area contributed by atoms with Crippen LogP contribution in [-0.2, 0) is 14.8 Å². The van der Waals surface area contributed by atoms with Crippen LogP contribution in [0.3, 0.4) is 0 Å². The van der Waals surface area contributed by atoms with Crippen molar-refractivity contribution in [2.45, 2.75) is 37.7 Å². The molecule has 1 saturated heterocycles. The minimum absolute atomic E-state index is 0.0438. The lowest BCUT2D eigenvalue weighted by atomic mass is 10.2. The molecular formula is C21H23N3O4S3. The molecule has 1 aromatic carbocycles. The van der Waals surface area contributed by atoms with Gasteiger partial charge in [0.25, 0.3) is 5.91 Å². The Hall–Kier alpha value is -2.11. The maximum atomic E-state index is 12.7. The van der Waals surface area contributed by atoms with Crippen molar-refractivity contribution in [3.8, 4) is 11.3 Å². The number of anilines is 1. The van der Waals surface area contributed by atoms with Crippen LogP contribution >= 0.6 is 22.7 Å². The molecule has 3 aromatic rings. The van der Waals surface area contributed by atoms with E-state index >= 15 is 0 Å². The Balaban J connectivity index is 1.45. The number of aryl methyl sites for hydroxylation is 2. The Morgan fingerprint density at radius 2 is 2.13 bits per heavy atom. The third-order valence-corrected chi connectivity index (χ3v) is 8.12. The van der Waals surface area contributed by atoms with Crippen LogP contribution in [0.2, 0.25) is 0 Å². The molecule has 0 aliphatic carbocycles. The van der Waals surface area contributed by atoms with E-state index in [0.29, 0.717) is 11.7 Å². The zero-order valence-corrected chi connectivity index (χ0v) is 19.6. The summed E-state index contributed by atoms with van der Waals surface area (Å²) < 4.78 is 33.2. The molecule has 2 N–H and O–H groups in total. The Morgan fingerprint density at radius 3 is 2.84 bits per heavy atom. The number of amides is 1. The first-order valence-electron chi connectivity index (χ1n) is 9.87. The van der Waals surface area contributed by atoms with Gasteiger partial charge in [0.2, 0.25) is 10.0 Å². The van der Waals surface area contributed by atoms with E-state index in [0.717, 1.165) is 24.1 Å². The summed E-state index contributed by atoms with van der Waals surface area (Å²) in [4.78, 5) is 19.6. The molecule has 4 rings (SSSR count). The van der Waals surface area contributed by atoms with Crippen molar-refractivity contribution in [3.63, 3.8) is 0 Å². The topological polar surface area (TPSA) is 97.4 Å². The van der Waals surface area contributed by atoms with Crippen LogP contribution in [-0.4, -0.2) is 38.6 Å². The van der Waals surface area contributed by atoms with Crippen molar-refractivity contribution in [3.05, 3.63) is 51.0 Å². The first-order chi connectivity index (χ1) is 14.8. The predicted octanol–water partition coefficient (Wildman–Crippen LogP) is 4.20. The maximum absolute atomic E-state index is 12.7. The summed E-state index contributed by atoms with van der Waals surface area (Å²) in [5.74, 6) is -0.407. The second-order valence-electron chi connectivity index (χ2n) is 7.33. The number of rotatable bonds is 7. The lowest BCUT2D eigenvalue weighted by Crippen LogP contribution is -2.32. The van der Waals surface area contributed by atoms with Crippen LogP contribution in [0.4, 0.5) is 5.13 Å². The molecule has 3 heterocycles. The summed E-state index contributed by atoms with van der Waals surface area (Å²) in [6, 6.07) is 8.06. The summed E-state index contributed by atoms with van der Waals surface area (Å²) in [5, 5.41) is 5.14. The van der Waals surface area contributed by atoms with E-state index in [1.807, 2.05) is 19.2 Å². The third-order valence-electron chi connectivity index (χ3n) is 4.97. The molecule has 0 radical (unpaired) electrons. The molecule has 164 valence electrons. The highest BCUT2D eigenvalue weighted by Crippen LogP contribution is 2.32. The third kappa shape index (κ3) is 5.21. The lowest BCUT2D eigenvalue weighted by Gasteiger charge is -2.12. The van der Waals surface area contributed by atoms with Gasteiger partial charge in [0.05, 0.1) is 16.7 Å². The van der Waals surface area contributed by atoms with Crippen LogP contribution in [0.25, 0.3) is 11.3 Å². The monoisotopic (exact) mass is 477 g/mol. The van der Waals surface area contributed by atoms with Crippen molar-refractivity contribution in [2.24, 2.45) is 0 Å². The molecule has 2 aromatic heterocycles. The molecule has 1 aliphatic rings. The van der Waals surface area contributed by atoms with Crippen LogP contribution < -0.4 is 10.0 Å². The van der Waals surface area contributed by atoms with Crippen molar-refractivity contribution in [1.29, 1.82) is 0 Å². The van der Waals surface area contributed by atoms with Gasteiger partial charge >= 0.3 is 0 Å². The number of benzene rings is 1. The van der Waals surface area contributed by atoms with E-state index < -0.39 is 15.9 Å². The SMILES string of the molecule is Cc1cc(-c2csc(NC(=O)c3cccc(S(=O)(=O)NCC4CCCO4)c3)n2)c(C)s1. The molecule has 0 saturated carbocycles. The molecule has 1 fully saturated rings. The predicted molar refractivity (Wildman–Crippen MR) is 123 cm³/mol. The Kier molecular flexibility index (Phi) is 6.54. The van der Waals surface area contributed by atoms with Crippen molar-refractivity contribution in [1.82, 2.24) is 9.71 Å². The second-order valence-corrected chi connectivity index (χ2v) is 11.4. The molecule has 0 spiro atoms. The highest BCUT2D eigenvalue weighted by molar-refractivity contribution is 7.89. The lowest BCUT2D eigenvalue weighted by molar-refractivity contribution is 0.102. The van der Waals surface area contributed by atoms with E-state index in [-0.39, 0.29) is 23.1 Å². The summed E-state index contributed by atoms with van der Waals surface area (Å²) >= 11 is 3.04. The van der Waals surface area contributed by atoms with Crippen LogP contribution in [0, 0.1) is 13.8 Å². The zero-order chi connectivity index (χ0) is 22.0. The molecule has 10 heteroatoms. The van der Waals surface area contributed by atoms with Gasteiger partial charge in [0, 0.05) is 39.4 Å². The highest BCUT2D eigenvalue weighted by atomic mass is 32.2. The van der Waals surface area contributed by atoms with E-state index in [9.17, 15) is 13.2 Å². The highest BCUT2D eigenvalue weighted by Gasteiger charge is 2.21. The van der Waals surface area contributed by atoms with Crippen molar-refractivity contribution in [2.75, 3.05) is 18.5 Å². The number of nitrogens with zero attached hydrogens (tertiary/aromatic N) is 1. The number of hydrogen-bond acceptors (Lipinski definition) is 7. The van der Waals surface area contributed by atoms with Gasteiger partial charge in [-0.1, -0.05) is 6.07 Å². The van der Waals surface area contributed by atoms with Gasteiger partial charge in [-0.25, -0.2) is 18.1 Å². The van der Waals surface area contributed by atoms with E-state index in [1.54, 1.807) is 23.5 Å². The standard InChI is InChI=1S/C21H23N3O4S3/c1-13-9-18(14(2)30-13)19-12-29-21(23-19)24-20(25)15-5-3-7-17(10-15)31(26,27)22-11-16-6-4-8-28-16/h3,5,7,9-10,12,16,22H,4,6,8,11H2,1-2H3,(H,23,24,25). The minimum atomic E-state index is -3.73. The fraction of sp³-hybridized carbons (Fsp3) is 0.333. The number of carbonyl (C=O) groups excluding carboxylic acids is 1. The first-order valence-corrected chi connectivity index (χ1v) is 13.1. The molecular weight excluding hydrogens is 454 g/mol. The average molecular weight is 478 g/mol. The van der Waals surface area contributed by atoms with Gasteiger partial charge in [0.1, 0.15) is 0 Å². The van der Waals surface area contributed by atoms with Gasteiger partial charge in [-0.3, -0.25) is 10.1 Å². The number of sulfonamides is 1. The molecule has 1 aliphatic heterocycles. The summed E-state index contributed by atoms with van der Waals surface area (Å²) in [5.41, 5.74) is 2.13. The molecule has 1 amide bonds. The molecule has 31 heavy (non-hydrogen) atoms. The first kappa shape index (κ1) is 22.1. The van der Waals surface area contributed by atoms with Gasteiger partial charge in [0.15, 0.2) is 5.13 Å². The van der Waals surface area contributed by atoms with Gasteiger partial charge in [-0.15, -0.1) is 22.7 Å². The Labute approximate surface area is 189 Å². The van der Waals surface area contributed by atoms with Gasteiger partial charge in [-0.05, 0) is 51.0 Å². The normalized spacial score (nSPS) is 16.5. The van der Waals surface area contributed by atoms with Crippen LogP contribution in [0.1, 0.15) is 33.0 Å². The number of aromatic nitrogens is 1. The molecule has 1 atom stereocenters. The second kappa shape index (κ2) is 9.17. The van der Waals surface area contributed by atoms with E-state index in [1.165, 1.54) is 33.2 Å². The zero-order valence-electron chi connectivity index (χ0n) is 17.2. The number of nitrogens with one attached hydrogen (secondary N) is 2. The molecule has 0 bridgehead atoms. The van der Waals surface area contributed by atoms with E-state index in [2.05, 4.69) is 21.1 Å². The number of thiazole rings is 1. The summed E-state index contributed by atoms with van der Waals surface area (Å²) in [6.07, 6.45) is 1.67. The van der Waals surface area contributed by atoms with Gasteiger partial charge < -0.3 is 4.74 Å². The molecule has 7 nitrogen and oxygen atoms in total. The van der Waals surface area contributed by atoms with Gasteiger partial charge in [-0.2, -0.15) is 0 Å². The number of carbonyl (C=O) groups is 1. The van der Waals surface area contributed by atoms with Crippen LogP contribution in [0.15, 0.2) is 40.6 Å². The quantitative estimate of drug-likeness (QED) is 0.532. The van der Waals surface area contributed by atoms with Crippen molar-refractivity contribution < 1.29 is 17.9 Å². The average Bonchev–Trinajstić information content (AvgIpc) is 3.48. The number of ether oxygens (including phenoxy) is 1. The van der Waals surface area contributed by atoms with E-state index in [4.69, 9.17) is 4.74 Å². The fourth-order valence-corrected chi connectivity index (χ4v) is 6.16. The minimum Gasteiger partial charge on any atom is -0.377 e.